The van der Waals surface area contributed by atoms with Gasteiger partial charge in [0.25, 0.3) is 5.91 Å². The maximum atomic E-state index is 12.1. The molecular formula is C17H20ClN3O3S. The van der Waals surface area contributed by atoms with Crippen molar-refractivity contribution in [1.82, 2.24) is 16.2 Å². The maximum Gasteiger partial charge on any atom is 0.279 e. The molecule has 1 heterocycles. The van der Waals surface area contributed by atoms with E-state index in [1.807, 2.05) is 19.9 Å². The Labute approximate surface area is 156 Å². The highest BCUT2D eigenvalue weighted by Crippen LogP contribution is 2.27. The normalized spacial score (nSPS) is 11.5. The van der Waals surface area contributed by atoms with E-state index in [4.69, 9.17) is 33.0 Å². The molecule has 0 radical (unpaired) electrons. The van der Waals surface area contributed by atoms with E-state index >= 15 is 0 Å². The van der Waals surface area contributed by atoms with Crippen LogP contribution in [0.3, 0.4) is 0 Å². The molecule has 1 atom stereocenters. The summed E-state index contributed by atoms with van der Waals surface area (Å²) in [6.07, 6.45) is 0.869. The Kier molecular flexibility index (Phi) is 6.66. The molecule has 0 bridgehead atoms. The molecule has 1 amide bonds. The van der Waals surface area contributed by atoms with Crippen LogP contribution in [-0.2, 0) is 11.3 Å². The van der Waals surface area contributed by atoms with E-state index in [-0.39, 0.29) is 11.0 Å². The van der Waals surface area contributed by atoms with Gasteiger partial charge in [0.05, 0.1) is 12.8 Å². The Bertz CT molecular complexity index is 727. The van der Waals surface area contributed by atoms with Gasteiger partial charge in [-0.15, -0.1) is 0 Å². The van der Waals surface area contributed by atoms with Gasteiger partial charge >= 0.3 is 0 Å². The van der Waals surface area contributed by atoms with Crippen molar-refractivity contribution >= 4 is 34.8 Å². The molecule has 6 nitrogen and oxygen atoms in total. The Morgan fingerprint density at radius 2 is 2.00 bits per heavy atom. The molecule has 134 valence electrons. The number of carbonyl (C=O) groups excluding carboxylic acids is 1. The molecule has 8 heteroatoms. The molecule has 1 aromatic carbocycles. The highest BCUT2D eigenvalue weighted by molar-refractivity contribution is 7.80. The number of ether oxygens (including phenoxy) is 1. The Morgan fingerprint density at radius 3 is 2.60 bits per heavy atom. The third-order valence-corrected chi connectivity index (χ3v) is 3.86. The van der Waals surface area contributed by atoms with Crippen LogP contribution in [0.15, 0.2) is 34.9 Å². The fourth-order valence-electron chi connectivity index (χ4n) is 2.16. The SMILES string of the molecule is Cc1cc(Cl)cc(C)c1O[C@@H](C)C(=O)NNC(=S)NCc1ccco1. The number of amides is 1. The van der Waals surface area contributed by atoms with E-state index in [2.05, 4.69) is 16.2 Å². The molecule has 3 N–H and O–H groups in total. The first-order chi connectivity index (χ1) is 11.9. The van der Waals surface area contributed by atoms with Crippen molar-refractivity contribution in [3.05, 3.63) is 52.4 Å². The van der Waals surface area contributed by atoms with Gasteiger partial charge in [0, 0.05) is 5.02 Å². The number of carbonyl (C=O) groups is 1. The fourth-order valence-corrected chi connectivity index (χ4v) is 2.61. The molecule has 2 aromatic rings. The van der Waals surface area contributed by atoms with Crippen molar-refractivity contribution in [2.75, 3.05) is 0 Å². The average Bonchev–Trinajstić information content (AvgIpc) is 3.07. The van der Waals surface area contributed by atoms with Crippen LogP contribution in [-0.4, -0.2) is 17.1 Å². The van der Waals surface area contributed by atoms with E-state index < -0.39 is 6.10 Å². The first-order valence-corrected chi connectivity index (χ1v) is 8.45. The van der Waals surface area contributed by atoms with Crippen LogP contribution in [0.2, 0.25) is 5.02 Å². The number of thiocarbonyl (C=S) groups is 1. The van der Waals surface area contributed by atoms with Gasteiger partial charge in [-0.05, 0) is 68.4 Å². The highest BCUT2D eigenvalue weighted by Gasteiger charge is 2.17. The first kappa shape index (κ1) is 19.1. The van der Waals surface area contributed by atoms with Gasteiger partial charge in [-0.25, -0.2) is 0 Å². The Balaban J connectivity index is 1.81. The zero-order chi connectivity index (χ0) is 18.4. The van der Waals surface area contributed by atoms with Gasteiger partial charge in [0.2, 0.25) is 0 Å². The zero-order valence-corrected chi connectivity index (χ0v) is 15.8. The first-order valence-electron chi connectivity index (χ1n) is 7.66. The van der Waals surface area contributed by atoms with Gasteiger partial charge in [-0.2, -0.15) is 0 Å². The molecular weight excluding hydrogens is 362 g/mol. The van der Waals surface area contributed by atoms with Crippen LogP contribution in [0, 0.1) is 13.8 Å². The number of hydrogen-bond acceptors (Lipinski definition) is 4. The number of rotatable bonds is 5. The summed E-state index contributed by atoms with van der Waals surface area (Å²) < 4.78 is 10.9. The fraction of sp³-hybridized carbons (Fsp3) is 0.294. The molecule has 25 heavy (non-hydrogen) atoms. The lowest BCUT2D eigenvalue weighted by Crippen LogP contribution is -2.50. The second-order valence-corrected chi connectivity index (χ2v) is 6.35. The van der Waals surface area contributed by atoms with E-state index in [1.165, 1.54) is 0 Å². The highest BCUT2D eigenvalue weighted by atomic mass is 35.5. The van der Waals surface area contributed by atoms with E-state index in [1.54, 1.807) is 31.4 Å². The molecule has 0 spiro atoms. The summed E-state index contributed by atoms with van der Waals surface area (Å²) in [6.45, 7) is 5.84. The second kappa shape index (κ2) is 8.73. The van der Waals surface area contributed by atoms with Crippen LogP contribution >= 0.6 is 23.8 Å². The van der Waals surface area contributed by atoms with Crippen molar-refractivity contribution in [1.29, 1.82) is 0 Å². The molecule has 0 saturated carbocycles. The van der Waals surface area contributed by atoms with Crippen LogP contribution in [0.25, 0.3) is 0 Å². The van der Waals surface area contributed by atoms with E-state index in [0.29, 0.717) is 17.3 Å². The van der Waals surface area contributed by atoms with Gasteiger partial charge in [0.15, 0.2) is 11.2 Å². The molecule has 2 rings (SSSR count). The lowest BCUT2D eigenvalue weighted by atomic mass is 10.1. The monoisotopic (exact) mass is 381 g/mol. The van der Waals surface area contributed by atoms with Crippen LogP contribution in [0.5, 0.6) is 5.75 Å². The zero-order valence-electron chi connectivity index (χ0n) is 14.2. The Morgan fingerprint density at radius 1 is 1.32 bits per heavy atom. The summed E-state index contributed by atoms with van der Waals surface area (Å²) in [6, 6.07) is 7.19. The summed E-state index contributed by atoms with van der Waals surface area (Å²) in [4.78, 5) is 12.1. The van der Waals surface area contributed by atoms with Gasteiger partial charge in [-0.3, -0.25) is 15.6 Å². The number of aryl methyl sites for hydroxylation is 2. The molecule has 0 fully saturated rings. The van der Waals surface area contributed by atoms with Gasteiger partial charge in [-0.1, -0.05) is 11.6 Å². The summed E-state index contributed by atoms with van der Waals surface area (Å²) in [7, 11) is 0. The average molecular weight is 382 g/mol. The van der Waals surface area contributed by atoms with Crippen molar-refractivity contribution < 1.29 is 13.9 Å². The summed E-state index contributed by atoms with van der Waals surface area (Å²) >= 11 is 11.1. The molecule has 0 saturated heterocycles. The molecule has 0 unspecified atom stereocenters. The second-order valence-electron chi connectivity index (χ2n) is 5.51. The van der Waals surface area contributed by atoms with Gasteiger partial charge < -0.3 is 14.5 Å². The standard InChI is InChI=1S/C17H20ClN3O3S/c1-10-7-13(18)8-11(2)15(10)24-12(3)16(22)20-21-17(25)19-9-14-5-4-6-23-14/h4-8,12H,9H2,1-3H3,(H,20,22)(H2,19,21,25)/t12-/m0/s1. The molecule has 0 aliphatic rings. The van der Waals surface area contributed by atoms with Crippen molar-refractivity contribution in [3.8, 4) is 5.75 Å². The predicted octanol–water partition coefficient (Wildman–Crippen LogP) is 3.01. The van der Waals surface area contributed by atoms with Crippen molar-refractivity contribution in [3.63, 3.8) is 0 Å². The molecule has 1 aromatic heterocycles. The smallest absolute Gasteiger partial charge is 0.279 e. The van der Waals surface area contributed by atoms with Gasteiger partial charge in [0.1, 0.15) is 11.5 Å². The minimum Gasteiger partial charge on any atom is -0.480 e. The topological polar surface area (TPSA) is 75.5 Å². The van der Waals surface area contributed by atoms with Crippen molar-refractivity contribution in [2.45, 2.75) is 33.4 Å². The summed E-state index contributed by atoms with van der Waals surface area (Å²) in [5.74, 6) is 1.03. The lowest BCUT2D eigenvalue weighted by molar-refractivity contribution is -0.127. The number of furan rings is 1. The minimum atomic E-state index is -0.709. The van der Waals surface area contributed by atoms with E-state index in [9.17, 15) is 4.79 Å². The molecule has 0 aliphatic heterocycles. The Hall–Kier alpha value is -2.25. The number of benzene rings is 1. The third-order valence-electron chi connectivity index (χ3n) is 3.39. The number of nitrogens with one attached hydrogen (secondary N) is 3. The largest absolute Gasteiger partial charge is 0.480 e. The van der Waals surface area contributed by atoms with Crippen LogP contribution < -0.4 is 20.9 Å². The number of hydrogen-bond donors (Lipinski definition) is 3. The third kappa shape index (κ3) is 5.65. The summed E-state index contributed by atoms with van der Waals surface area (Å²) in [5.41, 5.74) is 6.87. The minimum absolute atomic E-state index is 0.274. The van der Waals surface area contributed by atoms with Crippen LogP contribution in [0.1, 0.15) is 23.8 Å². The maximum absolute atomic E-state index is 12.1. The number of halogens is 1. The predicted molar refractivity (Wildman–Crippen MR) is 100 cm³/mol. The van der Waals surface area contributed by atoms with Crippen LogP contribution in [0.4, 0.5) is 0 Å². The lowest BCUT2D eigenvalue weighted by Gasteiger charge is -2.19. The quantitative estimate of drug-likeness (QED) is 0.546. The van der Waals surface area contributed by atoms with Crippen molar-refractivity contribution in [2.24, 2.45) is 0 Å². The number of hydrazine groups is 1. The molecule has 0 aliphatic carbocycles. The van der Waals surface area contributed by atoms with E-state index in [0.717, 1.165) is 16.9 Å². The summed E-state index contributed by atoms with van der Waals surface area (Å²) in [5, 5.41) is 3.82.